The second kappa shape index (κ2) is 7.46. The molecule has 3 atom stereocenters. The third kappa shape index (κ3) is 5.25. The number of nitrogens with zero attached hydrogens (tertiary/aromatic N) is 1. The molecular formula is C15H32N2O. The van der Waals surface area contributed by atoms with Gasteiger partial charge in [-0.05, 0) is 32.2 Å². The van der Waals surface area contributed by atoms with Crippen LogP contribution in [0.1, 0.15) is 41.5 Å². The van der Waals surface area contributed by atoms with Crippen molar-refractivity contribution >= 4 is 0 Å². The maximum atomic E-state index is 5.83. The molecule has 1 fully saturated rings. The Labute approximate surface area is 113 Å². The minimum absolute atomic E-state index is 0.361. The predicted molar refractivity (Wildman–Crippen MR) is 77.9 cm³/mol. The van der Waals surface area contributed by atoms with E-state index in [0.29, 0.717) is 24.2 Å². The van der Waals surface area contributed by atoms with Gasteiger partial charge in [0, 0.05) is 25.7 Å². The average Bonchev–Trinajstić information content (AvgIpc) is 2.21. The van der Waals surface area contributed by atoms with Gasteiger partial charge in [0.05, 0.1) is 12.2 Å². The van der Waals surface area contributed by atoms with Gasteiger partial charge in [-0.3, -0.25) is 4.90 Å². The number of ether oxygens (including phenoxy) is 1. The number of nitrogens with one attached hydrogen (secondary N) is 1. The van der Waals surface area contributed by atoms with Crippen LogP contribution in [0.4, 0.5) is 0 Å². The van der Waals surface area contributed by atoms with Crippen molar-refractivity contribution in [3.8, 4) is 0 Å². The molecular weight excluding hydrogens is 224 g/mol. The molecule has 0 spiro atoms. The fraction of sp³-hybridized carbons (Fsp3) is 1.00. The van der Waals surface area contributed by atoms with E-state index in [4.69, 9.17) is 4.74 Å². The van der Waals surface area contributed by atoms with Crippen molar-refractivity contribution < 1.29 is 4.74 Å². The van der Waals surface area contributed by atoms with Gasteiger partial charge in [0.15, 0.2) is 0 Å². The Morgan fingerprint density at radius 3 is 2.06 bits per heavy atom. The van der Waals surface area contributed by atoms with Gasteiger partial charge in [0.2, 0.25) is 0 Å². The largest absolute Gasteiger partial charge is 0.373 e. The number of morpholine rings is 1. The first-order valence-corrected chi connectivity index (χ1v) is 7.50. The van der Waals surface area contributed by atoms with Gasteiger partial charge in [-0.15, -0.1) is 0 Å². The van der Waals surface area contributed by atoms with Crippen molar-refractivity contribution in [2.75, 3.05) is 26.2 Å². The van der Waals surface area contributed by atoms with Crippen LogP contribution in [0, 0.1) is 11.8 Å². The maximum Gasteiger partial charge on any atom is 0.0678 e. The van der Waals surface area contributed by atoms with Crippen molar-refractivity contribution in [2.24, 2.45) is 11.8 Å². The van der Waals surface area contributed by atoms with E-state index in [2.05, 4.69) is 51.8 Å². The molecule has 1 aliphatic heterocycles. The van der Waals surface area contributed by atoms with Gasteiger partial charge < -0.3 is 10.1 Å². The molecule has 1 saturated heterocycles. The highest BCUT2D eigenvalue weighted by molar-refractivity contribution is 4.83. The molecule has 1 rings (SSSR count). The summed E-state index contributed by atoms with van der Waals surface area (Å²) in [5.74, 6) is 1.41. The first-order chi connectivity index (χ1) is 8.40. The summed E-state index contributed by atoms with van der Waals surface area (Å²) in [7, 11) is 0. The van der Waals surface area contributed by atoms with Crippen molar-refractivity contribution in [2.45, 2.75) is 59.8 Å². The predicted octanol–water partition coefficient (Wildman–Crippen LogP) is 2.37. The van der Waals surface area contributed by atoms with Gasteiger partial charge >= 0.3 is 0 Å². The summed E-state index contributed by atoms with van der Waals surface area (Å²) in [6.07, 6.45) is 0.722. The molecule has 1 aliphatic rings. The lowest BCUT2D eigenvalue weighted by molar-refractivity contribution is -0.0851. The summed E-state index contributed by atoms with van der Waals surface area (Å²) < 4.78 is 5.83. The van der Waals surface area contributed by atoms with Crippen molar-refractivity contribution in [1.82, 2.24) is 10.2 Å². The van der Waals surface area contributed by atoms with Crippen molar-refractivity contribution in [1.29, 1.82) is 0 Å². The van der Waals surface area contributed by atoms with Crippen LogP contribution in [0.15, 0.2) is 0 Å². The minimum atomic E-state index is 0.361. The van der Waals surface area contributed by atoms with Gasteiger partial charge in [-0.2, -0.15) is 0 Å². The number of rotatable bonds is 6. The molecule has 1 N–H and O–H groups in total. The van der Waals surface area contributed by atoms with Gasteiger partial charge in [-0.25, -0.2) is 0 Å². The molecule has 0 bridgehead atoms. The maximum absolute atomic E-state index is 5.83. The lowest BCUT2D eigenvalue weighted by atomic mass is 10.00. The first kappa shape index (κ1) is 15.9. The molecule has 1 heterocycles. The fourth-order valence-electron chi connectivity index (χ4n) is 2.79. The van der Waals surface area contributed by atoms with E-state index in [-0.39, 0.29) is 0 Å². The second-order valence-electron chi connectivity index (χ2n) is 6.57. The van der Waals surface area contributed by atoms with Crippen LogP contribution in [0.2, 0.25) is 0 Å². The standard InChI is InChI=1S/C15H32N2O/c1-11(2)7-16-8-15(12(3)4)17-9-13(5)18-14(6)10-17/h11-16H,7-10H2,1-6H3/t13-,14+,15?. The Kier molecular flexibility index (Phi) is 6.61. The normalized spacial score (nSPS) is 28.0. The number of hydrogen-bond donors (Lipinski definition) is 1. The summed E-state index contributed by atoms with van der Waals surface area (Å²) in [5.41, 5.74) is 0. The topological polar surface area (TPSA) is 24.5 Å². The van der Waals surface area contributed by atoms with E-state index >= 15 is 0 Å². The number of hydrogen-bond acceptors (Lipinski definition) is 3. The molecule has 3 heteroatoms. The summed E-state index contributed by atoms with van der Waals surface area (Å²) in [6, 6.07) is 0.623. The summed E-state index contributed by atoms with van der Waals surface area (Å²) in [4.78, 5) is 2.61. The van der Waals surface area contributed by atoms with Crippen LogP contribution in [0.5, 0.6) is 0 Å². The molecule has 18 heavy (non-hydrogen) atoms. The average molecular weight is 256 g/mol. The summed E-state index contributed by atoms with van der Waals surface area (Å²) in [5, 5.41) is 3.61. The Balaban J connectivity index is 2.49. The molecule has 108 valence electrons. The summed E-state index contributed by atoms with van der Waals surface area (Å²) >= 11 is 0. The van der Waals surface area contributed by atoms with E-state index in [1.165, 1.54) is 0 Å². The zero-order valence-electron chi connectivity index (χ0n) is 13.1. The van der Waals surface area contributed by atoms with Crippen LogP contribution < -0.4 is 5.32 Å². The molecule has 0 aliphatic carbocycles. The quantitative estimate of drug-likeness (QED) is 0.789. The molecule has 0 aromatic rings. The van der Waals surface area contributed by atoms with Gasteiger partial charge in [0.1, 0.15) is 0 Å². The third-order valence-corrected chi connectivity index (χ3v) is 3.59. The van der Waals surface area contributed by atoms with Gasteiger partial charge in [-0.1, -0.05) is 27.7 Å². The smallest absolute Gasteiger partial charge is 0.0678 e. The molecule has 0 aromatic heterocycles. The molecule has 0 aromatic carbocycles. The van der Waals surface area contributed by atoms with E-state index in [0.717, 1.165) is 32.1 Å². The Morgan fingerprint density at radius 1 is 1.06 bits per heavy atom. The highest BCUT2D eigenvalue weighted by atomic mass is 16.5. The van der Waals surface area contributed by atoms with Crippen LogP contribution in [0.25, 0.3) is 0 Å². The minimum Gasteiger partial charge on any atom is -0.373 e. The molecule has 1 unspecified atom stereocenters. The van der Waals surface area contributed by atoms with E-state index in [1.807, 2.05) is 0 Å². The van der Waals surface area contributed by atoms with E-state index in [1.54, 1.807) is 0 Å². The molecule has 0 saturated carbocycles. The Morgan fingerprint density at radius 2 is 1.61 bits per heavy atom. The SMILES string of the molecule is CC(C)CNCC(C(C)C)N1C[C@@H](C)O[C@@H](C)C1. The monoisotopic (exact) mass is 256 g/mol. The van der Waals surface area contributed by atoms with Gasteiger partial charge in [0.25, 0.3) is 0 Å². The lowest BCUT2D eigenvalue weighted by Gasteiger charge is -2.42. The molecule has 0 radical (unpaired) electrons. The lowest BCUT2D eigenvalue weighted by Crippen LogP contribution is -2.54. The van der Waals surface area contributed by atoms with Crippen LogP contribution in [-0.4, -0.2) is 49.3 Å². The van der Waals surface area contributed by atoms with Crippen molar-refractivity contribution in [3.05, 3.63) is 0 Å². The zero-order valence-corrected chi connectivity index (χ0v) is 13.1. The summed E-state index contributed by atoms with van der Waals surface area (Å²) in [6.45, 7) is 17.9. The fourth-order valence-corrected chi connectivity index (χ4v) is 2.79. The van der Waals surface area contributed by atoms with E-state index in [9.17, 15) is 0 Å². The highest BCUT2D eigenvalue weighted by Crippen LogP contribution is 2.18. The van der Waals surface area contributed by atoms with Crippen LogP contribution in [0.3, 0.4) is 0 Å². The first-order valence-electron chi connectivity index (χ1n) is 7.50. The Bertz CT molecular complexity index is 221. The second-order valence-corrected chi connectivity index (χ2v) is 6.57. The third-order valence-electron chi connectivity index (χ3n) is 3.59. The van der Waals surface area contributed by atoms with Crippen LogP contribution >= 0.6 is 0 Å². The van der Waals surface area contributed by atoms with E-state index < -0.39 is 0 Å². The van der Waals surface area contributed by atoms with Crippen molar-refractivity contribution in [3.63, 3.8) is 0 Å². The molecule has 0 amide bonds. The Hall–Kier alpha value is -0.120. The highest BCUT2D eigenvalue weighted by Gasteiger charge is 2.29. The van der Waals surface area contributed by atoms with Crippen LogP contribution in [-0.2, 0) is 4.74 Å². The zero-order chi connectivity index (χ0) is 13.7. The molecule has 3 nitrogen and oxygen atoms in total.